The third-order valence-electron chi connectivity index (χ3n) is 8.74. The molecular weight excluding hydrogens is 479 g/mol. The Hall–Kier alpha value is -2.45. The molecule has 1 aliphatic heterocycles. The molecule has 2 amide bonds. The molecule has 3 saturated carbocycles. The van der Waals surface area contributed by atoms with E-state index in [-0.39, 0.29) is 29.4 Å². The van der Waals surface area contributed by atoms with Crippen LogP contribution in [0.2, 0.25) is 0 Å². The minimum atomic E-state index is -3.36. The number of sulfone groups is 1. The highest BCUT2D eigenvalue weighted by Crippen LogP contribution is 2.57. The number of fused-ring (bicyclic) bond motifs is 4. The average Bonchev–Trinajstić information content (AvgIpc) is 3.28. The van der Waals surface area contributed by atoms with E-state index in [0.717, 1.165) is 11.1 Å². The molecule has 0 aromatic heterocycles. The maximum absolute atomic E-state index is 15.4. The number of carbonyl (C=O) groups excluding carboxylic acids is 1. The molecule has 0 spiro atoms. The lowest BCUT2D eigenvalue weighted by Crippen LogP contribution is -2.53. The van der Waals surface area contributed by atoms with Gasteiger partial charge in [0.15, 0.2) is 9.84 Å². The van der Waals surface area contributed by atoms with Gasteiger partial charge in [-0.3, -0.25) is 0 Å². The highest BCUT2D eigenvalue weighted by Gasteiger charge is 2.55. The number of urea groups is 1. The molecule has 194 valence electrons. The summed E-state index contributed by atoms with van der Waals surface area (Å²) in [5.41, 5.74) is 1.91. The second-order valence-electron chi connectivity index (χ2n) is 11.6. The molecule has 4 aliphatic rings. The summed E-state index contributed by atoms with van der Waals surface area (Å²) in [7, 11) is -3.36. The molecule has 0 saturated heterocycles. The summed E-state index contributed by atoms with van der Waals surface area (Å²) in [6.45, 7) is 4.33. The zero-order chi connectivity index (χ0) is 25.8. The number of hydrogen-bond acceptors (Lipinski definition) is 4. The Morgan fingerprint density at radius 3 is 2.14 bits per heavy atom. The van der Waals surface area contributed by atoms with Crippen molar-refractivity contribution in [2.45, 2.75) is 87.6 Å². The molecule has 0 atom stereocenters. The second-order valence-corrected chi connectivity index (χ2v) is 14.1. The molecule has 36 heavy (non-hydrogen) atoms. The van der Waals surface area contributed by atoms with Crippen molar-refractivity contribution in [1.82, 2.24) is 4.90 Å². The van der Waals surface area contributed by atoms with Gasteiger partial charge < -0.3 is 15.3 Å². The van der Waals surface area contributed by atoms with Crippen LogP contribution in [0, 0.1) is 5.82 Å². The molecule has 8 heteroatoms. The maximum Gasteiger partial charge on any atom is 0.322 e. The van der Waals surface area contributed by atoms with Crippen LogP contribution < -0.4 is 5.32 Å². The largest absolute Gasteiger partial charge is 0.390 e. The third-order valence-corrected chi connectivity index (χ3v) is 11.4. The molecule has 6 nitrogen and oxygen atoms in total. The van der Waals surface area contributed by atoms with Gasteiger partial charge in [-0.05, 0) is 93.0 Å². The molecule has 2 N–H and O–H groups in total. The van der Waals surface area contributed by atoms with Crippen LogP contribution in [0.4, 0.5) is 14.9 Å². The Balaban J connectivity index is 1.25. The summed E-state index contributed by atoms with van der Waals surface area (Å²) < 4.78 is 41.1. The fraction of sp³-hybridized carbons (Fsp3) is 0.536. The first kappa shape index (κ1) is 25.2. The van der Waals surface area contributed by atoms with E-state index in [0.29, 0.717) is 62.9 Å². The predicted molar refractivity (Wildman–Crippen MR) is 138 cm³/mol. The van der Waals surface area contributed by atoms with E-state index in [2.05, 4.69) is 5.32 Å². The second kappa shape index (κ2) is 8.84. The summed E-state index contributed by atoms with van der Waals surface area (Å²) >= 11 is 0. The van der Waals surface area contributed by atoms with Gasteiger partial charge in [-0.25, -0.2) is 17.6 Å². The fourth-order valence-corrected chi connectivity index (χ4v) is 8.77. The summed E-state index contributed by atoms with van der Waals surface area (Å²) in [6.07, 6.45) is 3.67. The van der Waals surface area contributed by atoms with E-state index in [9.17, 15) is 18.3 Å². The van der Waals surface area contributed by atoms with E-state index < -0.39 is 20.2 Å². The normalized spacial score (nSPS) is 25.6. The van der Waals surface area contributed by atoms with Crippen molar-refractivity contribution in [1.29, 1.82) is 0 Å². The number of benzene rings is 2. The lowest BCUT2D eigenvalue weighted by molar-refractivity contribution is 0.0766. The Kier molecular flexibility index (Phi) is 6.19. The Bertz CT molecular complexity index is 1240. The lowest BCUT2D eigenvalue weighted by Gasteiger charge is -2.53. The first-order valence-corrected chi connectivity index (χ1v) is 14.4. The van der Waals surface area contributed by atoms with E-state index in [1.54, 1.807) is 30.9 Å². The topological polar surface area (TPSA) is 86.7 Å². The molecule has 2 aromatic rings. The first-order chi connectivity index (χ1) is 16.9. The number of nitrogens with one attached hydrogen (secondary N) is 1. The Morgan fingerprint density at radius 1 is 1.03 bits per heavy atom. The summed E-state index contributed by atoms with van der Waals surface area (Å²) in [5, 5.41) is 12.8. The van der Waals surface area contributed by atoms with Crippen molar-refractivity contribution >= 4 is 21.6 Å². The van der Waals surface area contributed by atoms with Gasteiger partial charge in [-0.1, -0.05) is 30.3 Å². The standard InChI is InChI=1S/C28H35FN2O4S/c1-26(2,33)15-16-36(34,35)28-12-9-27(10-13-28,11-14-28)23-8-7-22(17-24(23)29)30-25(32)31-18-20-5-3-4-6-21(20)19-31/h3-8,17,33H,9-16,18-19H2,1-2H3,(H,30,32). The van der Waals surface area contributed by atoms with E-state index in [4.69, 9.17) is 0 Å². The van der Waals surface area contributed by atoms with Crippen molar-refractivity contribution in [2.75, 3.05) is 11.1 Å². The fourth-order valence-electron chi connectivity index (χ4n) is 6.32. The zero-order valence-electron chi connectivity index (χ0n) is 21.0. The van der Waals surface area contributed by atoms with Gasteiger partial charge >= 0.3 is 6.03 Å². The number of halogens is 1. The average molecular weight is 515 g/mol. The van der Waals surface area contributed by atoms with Crippen LogP contribution in [0.5, 0.6) is 0 Å². The van der Waals surface area contributed by atoms with Crippen molar-refractivity contribution in [2.24, 2.45) is 0 Å². The molecule has 2 bridgehead atoms. The number of aliphatic hydroxyl groups is 1. The number of hydrogen-bond donors (Lipinski definition) is 2. The van der Waals surface area contributed by atoms with Crippen LogP contribution in [0.1, 0.15) is 75.5 Å². The maximum atomic E-state index is 15.4. The van der Waals surface area contributed by atoms with Crippen LogP contribution in [0.15, 0.2) is 42.5 Å². The number of anilines is 1. The molecule has 1 heterocycles. The number of nitrogens with zero attached hydrogens (tertiary/aromatic N) is 1. The van der Waals surface area contributed by atoms with Crippen molar-refractivity contribution < 1.29 is 22.7 Å². The number of rotatable bonds is 6. The third kappa shape index (κ3) is 4.54. The van der Waals surface area contributed by atoms with Crippen LogP contribution in [0.25, 0.3) is 0 Å². The molecule has 0 unspecified atom stereocenters. The smallest absolute Gasteiger partial charge is 0.322 e. The Labute approximate surface area is 212 Å². The van der Waals surface area contributed by atoms with Crippen molar-refractivity contribution in [3.05, 3.63) is 65.0 Å². The number of amides is 2. The SMILES string of the molecule is CC(C)(O)CCS(=O)(=O)C12CCC(c3ccc(NC(=O)N4Cc5ccccc5C4)cc3F)(CC1)CC2. The summed E-state index contributed by atoms with van der Waals surface area (Å²) in [5.74, 6) is -0.370. The van der Waals surface area contributed by atoms with E-state index in [1.807, 2.05) is 24.3 Å². The minimum Gasteiger partial charge on any atom is -0.390 e. The molecule has 3 fully saturated rings. The van der Waals surface area contributed by atoms with Crippen LogP contribution in [0.3, 0.4) is 0 Å². The van der Waals surface area contributed by atoms with Crippen LogP contribution in [-0.2, 0) is 28.3 Å². The van der Waals surface area contributed by atoms with Gasteiger partial charge in [-0.15, -0.1) is 0 Å². The highest BCUT2D eigenvalue weighted by atomic mass is 32.2. The van der Waals surface area contributed by atoms with Crippen molar-refractivity contribution in [3.63, 3.8) is 0 Å². The van der Waals surface area contributed by atoms with Gasteiger partial charge in [-0.2, -0.15) is 0 Å². The molecule has 6 rings (SSSR count). The molecule has 0 radical (unpaired) electrons. The minimum absolute atomic E-state index is 0.0195. The van der Waals surface area contributed by atoms with Crippen molar-refractivity contribution in [3.8, 4) is 0 Å². The van der Waals surface area contributed by atoms with Gasteiger partial charge in [0.1, 0.15) is 5.82 Å². The van der Waals surface area contributed by atoms with E-state index in [1.165, 1.54) is 6.07 Å². The van der Waals surface area contributed by atoms with Gasteiger partial charge in [0.05, 0.1) is 16.1 Å². The monoisotopic (exact) mass is 514 g/mol. The van der Waals surface area contributed by atoms with Gasteiger partial charge in [0, 0.05) is 18.8 Å². The highest BCUT2D eigenvalue weighted by molar-refractivity contribution is 7.92. The van der Waals surface area contributed by atoms with Gasteiger partial charge in [0.25, 0.3) is 0 Å². The van der Waals surface area contributed by atoms with Gasteiger partial charge in [0.2, 0.25) is 0 Å². The molecular formula is C28H35FN2O4S. The van der Waals surface area contributed by atoms with Crippen LogP contribution in [-0.4, -0.2) is 40.6 Å². The Morgan fingerprint density at radius 2 is 1.61 bits per heavy atom. The summed E-state index contributed by atoms with van der Waals surface area (Å²) in [6, 6.07) is 12.6. The lowest BCUT2D eigenvalue weighted by atomic mass is 9.57. The zero-order valence-corrected chi connectivity index (χ0v) is 21.8. The van der Waals surface area contributed by atoms with Crippen LogP contribution >= 0.6 is 0 Å². The number of carbonyl (C=O) groups is 1. The summed E-state index contributed by atoms with van der Waals surface area (Å²) in [4.78, 5) is 14.5. The molecule has 3 aliphatic carbocycles. The first-order valence-electron chi connectivity index (χ1n) is 12.8. The van der Waals surface area contributed by atoms with E-state index >= 15 is 4.39 Å². The molecule has 2 aromatic carbocycles. The quantitative estimate of drug-likeness (QED) is 0.548. The predicted octanol–water partition coefficient (Wildman–Crippen LogP) is 5.29.